The van der Waals surface area contributed by atoms with Crippen LogP contribution in [0.3, 0.4) is 0 Å². The summed E-state index contributed by atoms with van der Waals surface area (Å²) in [4.78, 5) is 69.4. The van der Waals surface area contributed by atoms with Crippen LogP contribution in [-0.2, 0) is 14.3 Å². The summed E-state index contributed by atoms with van der Waals surface area (Å²) in [6.07, 6.45) is 2.99. The van der Waals surface area contributed by atoms with E-state index in [1.165, 1.54) is 23.1 Å². The van der Waals surface area contributed by atoms with E-state index in [0.717, 1.165) is 35.4 Å². The number of rotatable bonds is 7. The molecule has 226 valence electrons. The maximum atomic E-state index is 13.4. The lowest BCUT2D eigenvalue weighted by Crippen LogP contribution is -2.32. The lowest BCUT2D eigenvalue weighted by Gasteiger charge is -2.19. The summed E-state index contributed by atoms with van der Waals surface area (Å²) < 4.78 is 6.14. The highest BCUT2D eigenvalue weighted by Crippen LogP contribution is 2.56. The number of aryl methyl sites for hydroxylation is 1. The number of fused-ring (bicyclic) bond motifs is 6. The van der Waals surface area contributed by atoms with E-state index in [-0.39, 0.29) is 40.5 Å². The second-order valence-corrected chi connectivity index (χ2v) is 12.8. The van der Waals surface area contributed by atoms with Crippen molar-refractivity contribution in [3.8, 4) is 11.3 Å². The standard InChI is InChI=1S/C34H26BrN3O7/c1-17-11-22(35)14-25-26(34(42)45-16-28(39)19-3-2-4-24(13-19)38(43)44)15-27(36-31(17)25)18-7-9-23(10-8-18)37-32(40)29-20-5-6-21(12-20)30(29)33(37)41/h2-4,7-11,13-15,20-21,29-30H,5-6,12,16H2,1H3. The van der Waals surface area contributed by atoms with Gasteiger partial charge in [0.05, 0.1) is 39.2 Å². The molecule has 2 amide bonds. The molecule has 3 aromatic carbocycles. The topological polar surface area (TPSA) is 137 Å². The first-order valence-corrected chi connectivity index (χ1v) is 15.4. The Hall–Kier alpha value is -4.77. The van der Waals surface area contributed by atoms with Crippen molar-refractivity contribution in [3.05, 3.63) is 98.0 Å². The zero-order chi connectivity index (χ0) is 31.6. The number of nitrogens with zero attached hydrogens (tertiary/aromatic N) is 3. The molecule has 7 rings (SSSR count). The smallest absolute Gasteiger partial charge is 0.339 e. The van der Waals surface area contributed by atoms with E-state index in [1.54, 1.807) is 36.4 Å². The summed E-state index contributed by atoms with van der Waals surface area (Å²) in [7, 11) is 0. The molecule has 0 radical (unpaired) electrons. The van der Waals surface area contributed by atoms with Gasteiger partial charge in [-0.15, -0.1) is 0 Å². The third-order valence-corrected chi connectivity index (χ3v) is 9.81. The van der Waals surface area contributed by atoms with Crippen molar-refractivity contribution in [1.82, 2.24) is 4.98 Å². The Morgan fingerprint density at radius 2 is 1.69 bits per heavy atom. The molecule has 45 heavy (non-hydrogen) atoms. The van der Waals surface area contributed by atoms with Gasteiger partial charge in [0, 0.05) is 33.1 Å². The minimum absolute atomic E-state index is 0.0576. The van der Waals surface area contributed by atoms with Crippen LogP contribution in [0.15, 0.2) is 71.2 Å². The van der Waals surface area contributed by atoms with Gasteiger partial charge in [0.1, 0.15) is 0 Å². The summed E-state index contributed by atoms with van der Waals surface area (Å²) in [6.45, 7) is 1.25. The summed E-state index contributed by atoms with van der Waals surface area (Å²) in [5.41, 5.74) is 3.00. The molecular formula is C34H26BrN3O7. The van der Waals surface area contributed by atoms with Crippen molar-refractivity contribution in [1.29, 1.82) is 0 Å². The highest BCUT2D eigenvalue weighted by atomic mass is 79.9. The molecule has 11 heteroatoms. The second kappa shape index (κ2) is 11.0. The SMILES string of the molecule is Cc1cc(Br)cc2c(C(=O)OCC(=O)c3cccc([N+](=O)[O-])c3)cc(-c3ccc(N4C(=O)C5C6CCC(C6)C5C4=O)cc3)nc12. The Morgan fingerprint density at radius 1 is 1.00 bits per heavy atom. The number of esters is 1. The van der Waals surface area contributed by atoms with Crippen LogP contribution in [0.4, 0.5) is 11.4 Å². The Balaban J connectivity index is 1.17. The van der Waals surface area contributed by atoms with Gasteiger partial charge in [0.15, 0.2) is 6.61 Å². The van der Waals surface area contributed by atoms with E-state index in [1.807, 2.05) is 13.0 Å². The fraction of sp³-hybridized carbons (Fsp3) is 0.265. The number of halogens is 1. The van der Waals surface area contributed by atoms with Crippen molar-refractivity contribution in [2.45, 2.75) is 26.2 Å². The number of hydrogen-bond donors (Lipinski definition) is 0. The lowest BCUT2D eigenvalue weighted by molar-refractivity contribution is -0.384. The van der Waals surface area contributed by atoms with Crippen molar-refractivity contribution < 1.29 is 28.8 Å². The molecule has 3 aliphatic rings. The highest BCUT2D eigenvalue weighted by Gasteiger charge is 2.61. The number of imide groups is 1. The van der Waals surface area contributed by atoms with Crippen molar-refractivity contribution in [2.24, 2.45) is 23.7 Å². The number of benzene rings is 3. The number of ether oxygens (including phenoxy) is 1. The van der Waals surface area contributed by atoms with Gasteiger partial charge in [-0.1, -0.05) is 40.2 Å². The van der Waals surface area contributed by atoms with Gasteiger partial charge in [0.2, 0.25) is 17.6 Å². The quantitative estimate of drug-likeness (QED) is 0.0720. The van der Waals surface area contributed by atoms with Crippen molar-refractivity contribution in [2.75, 3.05) is 11.5 Å². The second-order valence-electron chi connectivity index (χ2n) is 11.9. The molecule has 1 aromatic heterocycles. The number of nitro groups is 1. The third kappa shape index (κ3) is 4.91. The van der Waals surface area contributed by atoms with Crippen LogP contribution in [0.5, 0.6) is 0 Å². The normalized spacial score (nSPS) is 21.8. The first-order valence-electron chi connectivity index (χ1n) is 14.6. The van der Waals surface area contributed by atoms with Crippen LogP contribution in [0.2, 0.25) is 0 Å². The van der Waals surface area contributed by atoms with Gasteiger partial charge < -0.3 is 4.74 Å². The molecular weight excluding hydrogens is 642 g/mol. The van der Waals surface area contributed by atoms with Crippen LogP contribution in [0, 0.1) is 40.7 Å². The van der Waals surface area contributed by atoms with Gasteiger partial charge in [-0.3, -0.25) is 29.4 Å². The van der Waals surface area contributed by atoms with Gasteiger partial charge in [0.25, 0.3) is 5.69 Å². The predicted molar refractivity (Wildman–Crippen MR) is 168 cm³/mol. The molecule has 0 N–H and O–H groups in total. The Morgan fingerprint density at radius 3 is 2.36 bits per heavy atom. The first-order chi connectivity index (χ1) is 21.6. The number of hydrogen-bond acceptors (Lipinski definition) is 8. The third-order valence-electron chi connectivity index (χ3n) is 9.35. The van der Waals surface area contributed by atoms with Crippen LogP contribution >= 0.6 is 15.9 Å². The molecule has 1 aliphatic heterocycles. The molecule has 1 saturated heterocycles. The van der Waals surface area contributed by atoms with Gasteiger partial charge in [-0.25, -0.2) is 9.78 Å². The molecule has 2 saturated carbocycles. The predicted octanol–water partition coefficient (Wildman–Crippen LogP) is 6.46. The Bertz CT molecular complexity index is 1930. The van der Waals surface area contributed by atoms with Crippen molar-refractivity contribution >= 4 is 61.8 Å². The van der Waals surface area contributed by atoms with E-state index in [0.29, 0.717) is 39.7 Å². The molecule has 4 aromatic rings. The maximum Gasteiger partial charge on any atom is 0.339 e. The number of pyridine rings is 1. The molecule has 3 fully saturated rings. The molecule has 0 spiro atoms. The number of carbonyl (C=O) groups excluding carboxylic acids is 4. The van der Waals surface area contributed by atoms with Crippen molar-refractivity contribution in [3.63, 3.8) is 0 Å². The van der Waals surface area contributed by atoms with E-state index >= 15 is 0 Å². The molecule has 2 heterocycles. The average Bonchev–Trinajstić information content (AvgIpc) is 3.72. The summed E-state index contributed by atoms with van der Waals surface area (Å²) in [5, 5.41) is 11.6. The van der Waals surface area contributed by atoms with E-state index in [9.17, 15) is 29.3 Å². The van der Waals surface area contributed by atoms with Gasteiger partial charge >= 0.3 is 5.97 Å². The molecule has 4 unspecified atom stereocenters. The lowest BCUT2D eigenvalue weighted by atomic mass is 9.81. The van der Waals surface area contributed by atoms with E-state index in [2.05, 4.69) is 15.9 Å². The first kappa shape index (κ1) is 29.0. The number of anilines is 1. The van der Waals surface area contributed by atoms with E-state index in [4.69, 9.17) is 9.72 Å². The maximum absolute atomic E-state index is 13.4. The number of carbonyl (C=O) groups is 4. The monoisotopic (exact) mass is 667 g/mol. The number of nitro benzene ring substituents is 1. The number of non-ortho nitro benzene ring substituents is 1. The summed E-state index contributed by atoms with van der Waals surface area (Å²) >= 11 is 3.47. The summed E-state index contributed by atoms with van der Waals surface area (Å²) in [6, 6.07) is 17.4. The van der Waals surface area contributed by atoms with Gasteiger partial charge in [-0.05, 0) is 73.9 Å². The zero-order valence-corrected chi connectivity index (χ0v) is 25.7. The fourth-order valence-corrected chi connectivity index (χ4v) is 7.88. The Kier molecular flexibility index (Phi) is 7.07. The Labute approximate surface area is 265 Å². The minimum Gasteiger partial charge on any atom is -0.454 e. The number of amides is 2. The minimum atomic E-state index is -0.758. The average molecular weight is 668 g/mol. The van der Waals surface area contributed by atoms with Crippen LogP contribution < -0.4 is 4.90 Å². The largest absolute Gasteiger partial charge is 0.454 e. The number of aromatic nitrogens is 1. The number of Topliss-reactive ketones (excluding diaryl/α,β-unsaturated/α-hetero) is 1. The molecule has 4 atom stereocenters. The van der Waals surface area contributed by atoms with Gasteiger partial charge in [-0.2, -0.15) is 0 Å². The van der Waals surface area contributed by atoms with Crippen LogP contribution in [0.1, 0.15) is 45.5 Å². The zero-order valence-electron chi connectivity index (χ0n) is 24.1. The van der Waals surface area contributed by atoms with Crippen LogP contribution in [0.25, 0.3) is 22.2 Å². The summed E-state index contributed by atoms with van der Waals surface area (Å²) in [5.74, 6) is -1.39. The number of ketones is 1. The highest BCUT2D eigenvalue weighted by molar-refractivity contribution is 9.10. The fourth-order valence-electron chi connectivity index (χ4n) is 7.30. The van der Waals surface area contributed by atoms with E-state index < -0.39 is 23.3 Å². The van der Waals surface area contributed by atoms with Crippen LogP contribution in [-0.4, -0.2) is 40.1 Å². The molecule has 2 bridgehead atoms. The molecule has 10 nitrogen and oxygen atoms in total. The molecule has 2 aliphatic carbocycles.